The Labute approximate surface area is 325 Å². The first-order valence-electron chi connectivity index (χ1n) is 18.8. The van der Waals surface area contributed by atoms with E-state index in [0.29, 0.717) is 41.6 Å². The average Bonchev–Trinajstić information content (AvgIpc) is 4.07. The number of nitrogen functional groups attached to an aromatic ring is 2. The van der Waals surface area contributed by atoms with Gasteiger partial charge in [-0.3, -0.25) is 9.97 Å². The summed E-state index contributed by atoms with van der Waals surface area (Å²) in [6, 6.07) is 19.2. The number of pyridine rings is 2. The van der Waals surface area contributed by atoms with E-state index in [1.54, 1.807) is 30.5 Å². The zero-order valence-electron chi connectivity index (χ0n) is 32.1. The maximum Gasteiger partial charge on any atom is 0.146 e. The minimum Gasteiger partial charge on any atom is -0.598 e. The van der Waals surface area contributed by atoms with Crippen molar-refractivity contribution < 1.29 is 17.9 Å². The molecule has 54 heavy (non-hydrogen) atoms. The van der Waals surface area contributed by atoms with Crippen molar-refractivity contribution in [3.8, 4) is 0 Å². The van der Waals surface area contributed by atoms with E-state index in [1.807, 2.05) is 72.0 Å². The molecule has 0 amide bonds. The van der Waals surface area contributed by atoms with Gasteiger partial charge in [0.15, 0.2) is 0 Å². The lowest BCUT2D eigenvalue weighted by Gasteiger charge is -2.38. The molecule has 12 heteroatoms. The highest BCUT2D eigenvalue weighted by Gasteiger charge is 2.48. The van der Waals surface area contributed by atoms with Crippen molar-refractivity contribution in [2.24, 2.45) is 11.8 Å². The summed E-state index contributed by atoms with van der Waals surface area (Å²) in [5.74, 6) is 0.149. The summed E-state index contributed by atoms with van der Waals surface area (Å²) in [4.78, 5) is 9.78. The fourth-order valence-corrected chi connectivity index (χ4v) is 9.00. The van der Waals surface area contributed by atoms with Crippen LogP contribution in [0.4, 0.5) is 20.2 Å². The average molecular weight is 777 g/mol. The molecule has 2 aliphatic rings. The molecule has 6 atom stereocenters. The van der Waals surface area contributed by atoms with Crippen molar-refractivity contribution in [2.45, 2.75) is 113 Å². The minimum atomic E-state index is -1.49. The quantitative estimate of drug-likeness (QED) is 0.0697. The number of anilines is 2. The number of hydrogen-bond donors (Lipinski definition) is 4. The molecule has 8 nitrogen and oxygen atoms in total. The summed E-state index contributed by atoms with van der Waals surface area (Å²) in [5.41, 5.74) is 14.3. The monoisotopic (exact) mass is 776 g/mol. The van der Waals surface area contributed by atoms with E-state index in [9.17, 15) is 17.9 Å². The van der Waals surface area contributed by atoms with Crippen LogP contribution in [0.5, 0.6) is 0 Å². The molecule has 2 aromatic carbocycles. The van der Waals surface area contributed by atoms with Gasteiger partial charge in [0.25, 0.3) is 0 Å². The number of nitrogens with two attached hydrogens (primary N) is 2. The fraction of sp³-hybridized carbons (Fsp3) is 0.476. The lowest BCUT2D eigenvalue weighted by Crippen LogP contribution is -2.52. The molecule has 6 N–H and O–H groups in total. The van der Waals surface area contributed by atoms with Gasteiger partial charge in [-0.25, -0.2) is 8.78 Å². The van der Waals surface area contributed by atoms with E-state index in [4.69, 9.17) is 21.4 Å². The standard InChI is InChI=1S/C42H54F2N6O2S2/c1-39(2,3)53(51)49-41(20-18-27-10-11-27,30-13-15-33(43)35(45)24-30)38-17-12-29(26-48-38)32-23-28(32)19-21-42(37-9-7-8-22-47-37,50-54(52)40(4,5)6)31-14-16-34(44)36(46)25-31/h7-9,12-17,22,24-28,32,49-50H,10-11,18-21,23,45-46H2,1-6H3/t28?,32?,41?,42?,53-,54-/m0/s1. The molecule has 2 saturated carbocycles. The van der Waals surface area contributed by atoms with Crippen LogP contribution in [0.3, 0.4) is 0 Å². The van der Waals surface area contributed by atoms with Gasteiger partial charge in [0.05, 0.1) is 22.8 Å². The van der Waals surface area contributed by atoms with Crippen LogP contribution in [0, 0.1) is 23.5 Å². The molecule has 290 valence electrons. The number of benzene rings is 2. The van der Waals surface area contributed by atoms with Gasteiger partial charge in [-0.15, -0.1) is 9.44 Å². The highest BCUT2D eigenvalue weighted by Crippen LogP contribution is 2.52. The Bertz CT molecular complexity index is 1900. The van der Waals surface area contributed by atoms with Gasteiger partial charge in [0.2, 0.25) is 0 Å². The second-order valence-corrected chi connectivity index (χ2v) is 21.0. The molecule has 0 saturated heterocycles. The van der Waals surface area contributed by atoms with E-state index >= 15 is 0 Å². The van der Waals surface area contributed by atoms with Gasteiger partial charge in [-0.2, -0.15) is 0 Å². The highest BCUT2D eigenvalue weighted by atomic mass is 32.2. The molecule has 2 fully saturated rings. The Kier molecular flexibility index (Phi) is 11.8. The zero-order chi connectivity index (χ0) is 39.1. The van der Waals surface area contributed by atoms with Crippen LogP contribution in [0.2, 0.25) is 0 Å². The Hall–Kier alpha value is -3.26. The van der Waals surface area contributed by atoms with Gasteiger partial charge in [0, 0.05) is 35.1 Å². The lowest BCUT2D eigenvalue weighted by atomic mass is 9.81. The van der Waals surface area contributed by atoms with Crippen molar-refractivity contribution in [1.29, 1.82) is 0 Å². The van der Waals surface area contributed by atoms with Crippen LogP contribution in [-0.2, 0) is 33.8 Å². The Morgan fingerprint density at radius 3 is 1.70 bits per heavy atom. The topological polar surface area (TPSA) is 148 Å². The molecule has 6 rings (SSSR count). The molecule has 2 aromatic heterocycles. The van der Waals surface area contributed by atoms with Crippen molar-refractivity contribution in [1.82, 2.24) is 19.4 Å². The number of aromatic nitrogens is 2. The number of halogens is 2. The van der Waals surface area contributed by atoms with Crippen molar-refractivity contribution in [2.75, 3.05) is 11.5 Å². The SMILES string of the molecule is CC(C)(C)[S@+]([O-])NC(CCC1CC1)(c1ccc(F)c(N)c1)c1ccc(C2CC2CCC(N[S@@+]([O-])C(C)(C)C)(c2ccc(F)c(N)c2)c2ccccn2)cn1. The summed E-state index contributed by atoms with van der Waals surface area (Å²) in [7, 11) is 0. The molecule has 0 aliphatic heterocycles. The second kappa shape index (κ2) is 15.7. The molecule has 0 radical (unpaired) electrons. The van der Waals surface area contributed by atoms with Crippen LogP contribution in [0.1, 0.15) is 120 Å². The number of nitrogens with zero attached hydrogens (tertiary/aromatic N) is 2. The Morgan fingerprint density at radius 1 is 0.722 bits per heavy atom. The van der Waals surface area contributed by atoms with Gasteiger partial charge in [-0.05, 0) is 151 Å². The summed E-state index contributed by atoms with van der Waals surface area (Å²) >= 11 is -2.95. The molecule has 0 bridgehead atoms. The smallest absolute Gasteiger partial charge is 0.146 e. The van der Waals surface area contributed by atoms with Crippen molar-refractivity contribution >= 4 is 34.1 Å². The molecule has 0 spiro atoms. The van der Waals surface area contributed by atoms with Gasteiger partial charge >= 0.3 is 0 Å². The third-order valence-corrected chi connectivity index (χ3v) is 14.1. The van der Waals surface area contributed by atoms with E-state index < -0.39 is 54.9 Å². The molecular weight excluding hydrogens is 723 g/mol. The fourth-order valence-electron chi connectivity index (χ4n) is 7.10. The summed E-state index contributed by atoms with van der Waals surface area (Å²) in [6.07, 6.45) is 9.75. The molecule has 2 heterocycles. The minimum absolute atomic E-state index is 0.0176. The largest absolute Gasteiger partial charge is 0.598 e. The number of rotatable bonds is 15. The third-order valence-electron chi connectivity index (χ3n) is 10.8. The van der Waals surface area contributed by atoms with Gasteiger partial charge in [-0.1, -0.05) is 37.1 Å². The van der Waals surface area contributed by atoms with Gasteiger partial charge in [0.1, 0.15) is 32.2 Å². The maximum absolute atomic E-state index is 14.5. The Balaban J connectivity index is 1.30. The van der Waals surface area contributed by atoms with E-state index in [2.05, 4.69) is 15.5 Å². The molecular formula is C42H54F2N6O2S2. The van der Waals surface area contributed by atoms with E-state index in [-0.39, 0.29) is 17.3 Å². The molecule has 4 unspecified atom stereocenters. The van der Waals surface area contributed by atoms with Crippen LogP contribution in [-0.4, -0.2) is 28.6 Å². The van der Waals surface area contributed by atoms with E-state index in [0.717, 1.165) is 43.2 Å². The summed E-state index contributed by atoms with van der Waals surface area (Å²) < 4.78 is 62.3. The normalized spacial score (nSPS) is 20.9. The van der Waals surface area contributed by atoms with Crippen molar-refractivity contribution in [3.63, 3.8) is 0 Å². The zero-order valence-corrected chi connectivity index (χ0v) is 33.8. The van der Waals surface area contributed by atoms with Gasteiger partial charge < -0.3 is 20.6 Å². The molecule has 4 aromatic rings. The summed E-state index contributed by atoms with van der Waals surface area (Å²) in [5, 5.41) is 0. The van der Waals surface area contributed by atoms with Crippen LogP contribution in [0.15, 0.2) is 79.1 Å². The predicted molar refractivity (Wildman–Crippen MR) is 216 cm³/mol. The lowest BCUT2D eigenvalue weighted by molar-refractivity contribution is 0.390. The predicted octanol–water partition coefficient (Wildman–Crippen LogP) is 8.28. The van der Waals surface area contributed by atoms with Crippen LogP contribution in [0.25, 0.3) is 0 Å². The third kappa shape index (κ3) is 8.90. The summed E-state index contributed by atoms with van der Waals surface area (Å²) in [6.45, 7) is 11.5. The Morgan fingerprint density at radius 2 is 1.26 bits per heavy atom. The maximum atomic E-state index is 14.5. The second-order valence-electron chi connectivity index (χ2n) is 17.1. The first kappa shape index (κ1) is 40.4. The number of nitrogens with one attached hydrogen (secondary N) is 2. The molecule has 2 aliphatic carbocycles. The number of hydrogen-bond acceptors (Lipinski definition) is 8. The van der Waals surface area contributed by atoms with Crippen LogP contribution >= 0.6 is 0 Å². The highest BCUT2D eigenvalue weighted by molar-refractivity contribution is 7.91. The van der Waals surface area contributed by atoms with Crippen LogP contribution < -0.4 is 20.9 Å². The van der Waals surface area contributed by atoms with E-state index in [1.165, 1.54) is 12.1 Å². The van der Waals surface area contributed by atoms with Crippen molar-refractivity contribution in [3.05, 3.63) is 119 Å². The first-order chi connectivity index (χ1) is 25.4. The first-order valence-corrected chi connectivity index (χ1v) is 21.1.